The smallest absolute Gasteiger partial charge is 0.270 e. The van der Waals surface area contributed by atoms with Crippen LogP contribution in [0.2, 0.25) is 0 Å². The molecule has 1 amide bonds. The minimum absolute atomic E-state index is 0.0451. The molecule has 0 bridgehead atoms. The number of carbonyl (C=O) groups is 1. The average molecular weight is 318 g/mol. The molecule has 7 nitrogen and oxygen atoms in total. The van der Waals surface area contributed by atoms with Crippen molar-refractivity contribution in [3.05, 3.63) is 39.4 Å². The molecule has 0 radical (unpaired) electrons. The minimum Gasteiger partial charge on any atom is -0.467 e. The molecular weight excluding hydrogens is 300 g/mol. The predicted molar refractivity (Wildman–Crippen MR) is 82.8 cm³/mol. The second kappa shape index (κ2) is 6.37. The zero-order valence-electron chi connectivity index (χ0n) is 12.9. The Balaban J connectivity index is 1.82. The van der Waals surface area contributed by atoms with E-state index in [0.29, 0.717) is 22.8 Å². The third-order valence-corrected chi connectivity index (χ3v) is 3.94. The summed E-state index contributed by atoms with van der Waals surface area (Å²) in [6.45, 7) is 1.11. The van der Waals surface area contributed by atoms with Gasteiger partial charge in [0.05, 0.1) is 11.5 Å². The van der Waals surface area contributed by atoms with E-state index in [1.54, 1.807) is 18.0 Å². The summed E-state index contributed by atoms with van der Waals surface area (Å²) in [5.74, 6) is 1.03. The number of rotatable bonds is 5. The normalized spacial score (nSPS) is 16.7. The van der Waals surface area contributed by atoms with Crippen LogP contribution in [0.25, 0.3) is 6.08 Å². The van der Waals surface area contributed by atoms with Crippen LogP contribution >= 0.6 is 0 Å². The molecule has 1 aliphatic heterocycles. The molecule has 1 aromatic rings. The van der Waals surface area contributed by atoms with Crippen LogP contribution in [0.15, 0.2) is 18.2 Å². The van der Waals surface area contributed by atoms with Crippen molar-refractivity contribution in [3.63, 3.8) is 0 Å². The van der Waals surface area contributed by atoms with Crippen molar-refractivity contribution in [1.82, 2.24) is 4.90 Å². The van der Waals surface area contributed by atoms with Crippen molar-refractivity contribution < 1.29 is 19.2 Å². The number of carbonyl (C=O) groups excluding carboxylic acids is 1. The van der Waals surface area contributed by atoms with Crippen LogP contribution in [0, 0.1) is 16.0 Å². The fourth-order valence-electron chi connectivity index (χ4n) is 2.53. The lowest BCUT2D eigenvalue weighted by molar-refractivity contribution is -0.385. The van der Waals surface area contributed by atoms with Gasteiger partial charge in [-0.3, -0.25) is 14.9 Å². The number of nitro groups is 1. The van der Waals surface area contributed by atoms with Crippen molar-refractivity contribution >= 4 is 17.7 Å². The SMILES string of the molecule is CN(CC1CC1)C(=O)/C=C\c1cc([N+](=O)[O-])cc2c1OCOC2. The van der Waals surface area contributed by atoms with Gasteiger partial charge >= 0.3 is 0 Å². The number of benzene rings is 1. The molecule has 1 heterocycles. The highest BCUT2D eigenvalue weighted by molar-refractivity contribution is 5.92. The van der Waals surface area contributed by atoms with E-state index in [0.717, 1.165) is 6.54 Å². The van der Waals surface area contributed by atoms with E-state index in [1.807, 2.05) is 0 Å². The molecular formula is C16H18N2O5. The van der Waals surface area contributed by atoms with Crippen LogP contribution in [0.3, 0.4) is 0 Å². The summed E-state index contributed by atoms with van der Waals surface area (Å²) in [4.78, 5) is 24.3. The van der Waals surface area contributed by atoms with Crippen LogP contribution in [0.1, 0.15) is 24.0 Å². The highest BCUT2D eigenvalue weighted by Gasteiger charge is 2.24. The number of amides is 1. The first kappa shape index (κ1) is 15.5. The van der Waals surface area contributed by atoms with Crippen LogP contribution < -0.4 is 4.74 Å². The van der Waals surface area contributed by atoms with Gasteiger partial charge in [0.25, 0.3) is 5.69 Å². The topological polar surface area (TPSA) is 81.9 Å². The van der Waals surface area contributed by atoms with Crippen LogP contribution in [-0.2, 0) is 16.1 Å². The van der Waals surface area contributed by atoms with Gasteiger partial charge in [0.15, 0.2) is 6.79 Å². The van der Waals surface area contributed by atoms with Gasteiger partial charge in [0.2, 0.25) is 5.91 Å². The Bertz CT molecular complexity index is 667. The molecule has 0 saturated heterocycles. The summed E-state index contributed by atoms with van der Waals surface area (Å²) in [6, 6.07) is 2.85. The summed E-state index contributed by atoms with van der Waals surface area (Å²) in [5, 5.41) is 11.0. The summed E-state index contributed by atoms with van der Waals surface area (Å²) in [6.07, 6.45) is 5.35. The van der Waals surface area contributed by atoms with Crippen LogP contribution in [-0.4, -0.2) is 36.1 Å². The number of nitro benzene ring substituents is 1. The van der Waals surface area contributed by atoms with E-state index >= 15 is 0 Å². The van der Waals surface area contributed by atoms with E-state index in [-0.39, 0.29) is 25.0 Å². The fourth-order valence-corrected chi connectivity index (χ4v) is 2.53. The lowest BCUT2D eigenvalue weighted by Gasteiger charge is -2.19. The lowest BCUT2D eigenvalue weighted by Crippen LogP contribution is -2.26. The Morgan fingerprint density at radius 1 is 1.48 bits per heavy atom. The number of likely N-dealkylation sites (N-methyl/N-ethyl adjacent to an activating group) is 1. The molecule has 23 heavy (non-hydrogen) atoms. The van der Waals surface area contributed by atoms with Gasteiger partial charge < -0.3 is 14.4 Å². The number of hydrogen-bond acceptors (Lipinski definition) is 5. The second-order valence-electron chi connectivity index (χ2n) is 5.89. The van der Waals surface area contributed by atoms with E-state index < -0.39 is 4.92 Å². The van der Waals surface area contributed by atoms with E-state index in [9.17, 15) is 14.9 Å². The van der Waals surface area contributed by atoms with Crippen molar-refractivity contribution in [1.29, 1.82) is 0 Å². The van der Waals surface area contributed by atoms with Crippen molar-refractivity contribution in [3.8, 4) is 5.75 Å². The van der Waals surface area contributed by atoms with Crippen molar-refractivity contribution in [2.45, 2.75) is 19.4 Å². The highest BCUT2D eigenvalue weighted by atomic mass is 16.7. The molecule has 2 aliphatic rings. The molecule has 0 spiro atoms. The number of nitrogens with zero attached hydrogens (tertiary/aromatic N) is 2. The molecule has 1 aliphatic carbocycles. The molecule has 1 fully saturated rings. The standard InChI is InChI=1S/C16H18N2O5/c1-17(8-11-2-3-11)15(19)5-4-12-6-14(18(20)21)7-13-9-22-10-23-16(12)13/h4-7,11H,2-3,8-10H2,1H3/b5-4-. The van der Waals surface area contributed by atoms with Gasteiger partial charge in [-0.05, 0) is 24.8 Å². The molecule has 0 unspecified atom stereocenters. The van der Waals surface area contributed by atoms with E-state index in [4.69, 9.17) is 9.47 Å². The van der Waals surface area contributed by atoms with Gasteiger partial charge in [0, 0.05) is 42.9 Å². The fraction of sp³-hybridized carbons (Fsp3) is 0.438. The quantitative estimate of drug-likeness (QED) is 0.473. The Hall–Kier alpha value is -2.41. The summed E-state index contributed by atoms with van der Waals surface area (Å²) >= 11 is 0. The molecule has 0 N–H and O–H groups in total. The third kappa shape index (κ3) is 3.68. The van der Waals surface area contributed by atoms with Gasteiger partial charge in [-0.1, -0.05) is 0 Å². The van der Waals surface area contributed by atoms with Crippen LogP contribution in [0.5, 0.6) is 5.75 Å². The number of non-ortho nitro benzene ring substituents is 1. The van der Waals surface area contributed by atoms with Gasteiger partial charge in [0.1, 0.15) is 5.75 Å². The predicted octanol–water partition coefficient (Wildman–Crippen LogP) is 2.34. The molecule has 1 saturated carbocycles. The third-order valence-electron chi connectivity index (χ3n) is 3.94. The van der Waals surface area contributed by atoms with Crippen molar-refractivity contribution in [2.24, 2.45) is 5.92 Å². The summed E-state index contributed by atoms with van der Waals surface area (Å²) < 4.78 is 10.6. The molecule has 3 rings (SSSR count). The van der Waals surface area contributed by atoms with Crippen molar-refractivity contribution in [2.75, 3.05) is 20.4 Å². The first-order chi connectivity index (χ1) is 11.0. The zero-order chi connectivity index (χ0) is 16.4. The molecule has 122 valence electrons. The maximum absolute atomic E-state index is 12.1. The average Bonchev–Trinajstić information content (AvgIpc) is 3.35. The molecule has 0 aromatic heterocycles. The Kier molecular flexibility index (Phi) is 4.29. The first-order valence-electron chi connectivity index (χ1n) is 7.49. The van der Waals surface area contributed by atoms with Gasteiger partial charge in [-0.25, -0.2) is 0 Å². The summed E-state index contributed by atoms with van der Waals surface area (Å²) in [5.41, 5.74) is 1.09. The molecule has 1 aromatic carbocycles. The second-order valence-corrected chi connectivity index (χ2v) is 5.89. The monoisotopic (exact) mass is 318 g/mol. The zero-order valence-corrected chi connectivity index (χ0v) is 12.9. The maximum atomic E-state index is 12.1. The summed E-state index contributed by atoms with van der Waals surface area (Å²) in [7, 11) is 1.76. The highest BCUT2D eigenvalue weighted by Crippen LogP contribution is 2.33. The van der Waals surface area contributed by atoms with E-state index in [2.05, 4.69) is 0 Å². The maximum Gasteiger partial charge on any atom is 0.270 e. The lowest BCUT2D eigenvalue weighted by atomic mass is 10.1. The molecule has 0 atom stereocenters. The van der Waals surface area contributed by atoms with Gasteiger partial charge in [-0.15, -0.1) is 0 Å². The largest absolute Gasteiger partial charge is 0.467 e. The Morgan fingerprint density at radius 3 is 2.96 bits per heavy atom. The Morgan fingerprint density at radius 2 is 2.26 bits per heavy atom. The number of fused-ring (bicyclic) bond motifs is 1. The first-order valence-corrected chi connectivity index (χ1v) is 7.49. The van der Waals surface area contributed by atoms with Crippen LogP contribution in [0.4, 0.5) is 5.69 Å². The van der Waals surface area contributed by atoms with E-state index in [1.165, 1.54) is 31.1 Å². The Labute approximate surface area is 133 Å². The molecule has 7 heteroatoms. The number of hydrogen-bond donors (Lipinski definition) is 0. The number of ether oxygens (including phenoxy) is 2. The minimum atomic E-state index is -0.465. The van der Waals surface area contributed by atoms with Gasteiger partial charge in [-0.2, -0.15) is 0 Å².